The van der Waals surface area contributed by atoms with Gasteiger partial charge in [0.05, 0.1) is 60.6 Å². The summed E-state index contributed by atoms with van der Waals surface area (Å²) >= 11 is 0. The average Bonchev–Trinajstić information content (AvgIpc) is 3.33. The summed E-state index contributed by atoms with van der Waals surface area (Å²) in [7, 11) is 3.20. The molecule has 4 atom stereocenters. The van der Waals surface area contributed by atoms with Gasteiger partial charge in [-0.15, -0.1) is 0 Å². The Kier molecular flexibility index (Phi) is 13.5. The van der Waals surface area contributed by atoms with Crippen molar-refractivity contribution in [2.75, 3.05) is 27.6 Å². The highest BCUT2D eigenvalue weighted by molar-refractivity contribution is 6.76. The first-order valence-electron chi connectivity index (χ1n) is 16.0. The van der Waals surface area contributed by atoms with Gasteiger partial charge in [-0.1, -0.05) is 63.0 Å². The van der Waals surface area contributed by atoms with Crippen LogP contribution in [0.15, 0.2) is 48.6 Å². The van der Waals surface area contributed by atoms with Crippen molar-refractivity contribution in [1.29, 1.82) is 0 Å². The molecule has 46 heavy (non-hydrogen) atoms. The molecule has 1 heterocycles. The second-order valence-electron chi connectivity index (χ2n) is 13.6. The van der Waals surface area contributed by atoms with E-state index in [9.17, 15) is 4.79 Å². The minimum Gasteiger partial charge on any atom is -0.497 e. The van der Waals surface area contributed by atoms with Crippen molar-refractivity contribution in [3.63, 3.8) is 0 Å². The highest BCUT2D eigenvalue weighted by atomic mass is 28.3. The van der Waals surface area contributed by atoms with Gasteiger partial charge in [-0.05, 0) is 69.4 Å². The number of benzene rings is 2. The molecule has 9 heteroatoms. The van der Waals surface area contributed by atoms with Crippen molar-refractivity contribution in [2.45, 2.75) is 97.8 Å². The second kappa shape index (κ2) is 16.6. The summed E-state index contributed by atoms with van der Waals surface area (Å²) < 4.78 is 41.0. The average molecular weight is 655 g/mol. The maximum Gasteiger partial charge on any atom is 0.342 e. The first-order valence-corrected chi connectivity index (χ1v) is 19.7. The molecular formula is C37H54O8Si. The fourth-order valence-corrected chi connectivity index (χ4v) is 5.90. The molecule has 0 bridgehead atoms. The summed E-state index contributed by atoms with van der Waals surface area (Å²) in [6.45, 7) is 17.1. The molecule has 8 nitrogen and oxygen atoms in total. The lowest BCUT2D eigenvalue weighted by molar-refractivity contribution is -0.148. The van der Waals surface area contributed by atoms with Gasteiger partial charge in [-0.25, -0.2) is 4.79 Å². The van der Waals surface area contributed by atoms with Crippen molar-refractivity contribution in [3.05, 3.63) is 70.8 Å². The smallest absolute Gasteiger partial charge is 0.342 e. The fourth-order valence-electron chi connectivity index (χ4n) is 5.33. The van der Waals surface area contributed by atoms with Crippen molar-refractivity contribution >= 4 is 20.1 Å². The first kappa shape index (κ1) is 37.3. The predicted molar refractivity (Wildman–Crippen MR) is 186 cm³/mol. The lowest BCUT2D eigenvalue weighted by atomic mass is 9.95. The number of hydrogen-bond donors (Lipinski definition) is 0. The summed E-state index contributed by atoms with van der Waals surface area (Å²) in [6, 6.07) is 9.66. The molecule has 0 N–H and O–H groups in total. The molecule has 0 saturated carbocycles. The van der Waals surface area contributed by atoms with Crippen molar-refractivity contribution in [2.24, 2.45) is 5.92 Å². The molecule has 0 aliphatic carbocycles. The lowest BCUT2D eigenvalue weighted by Gasteiger charge is -2.21. The molecule has 0 aromatic heterocycles. The van der Waals surface area contributed by atoms with Gasteiger partial charge < -0.3 is 33.2 Å². The fraction of sp³-hybridized carbons (Fsp3) is 0.541. The van der Waals surface area contributed by atoms with Gasteiger partial charge in [0.25, 0.3) is 0 Å². The number of hydrogen-bond acceptors (Lipinski definition) is 8. The molecule has 0 radical (unpaired) electrons. The second-order valence-corrected chi connectivity index (χ2v) is 19.0. The van der Waals surface area contributed by atoms with Gasteiger partial charge in [-0.3, -0.25) is 0 Å². The van der Waals surface area contributed by atoms with E-state index in [4.69, 9.17) is 33.2 Å². The number of carbonyl (C=O) groups is 1. The van der Waals surface area contributed by atoms with E-state index in [0.717, 1.165) is 23.3 Å². The quantitative estimate of drug-likeness (QED) is 0.102. The summed E-state index contributed by atoms with van der Waals surface area (Å²) in [5.74, 6) is 0.898. The Balaban J connectivity index is 1.70. The van der Waals surface area contributed by atoms with Gasteiger partial charge in [0.1, 0.15) is 22.8 Å². The van der Waals surface area contributed by atoms with Crippen LogP contribution in [0, 0.1) is 12.8 Å². The van der Waals surface area contributed by atoms with Crippen LogP contribution in [0.5, 0.6) is 17.2 Å². The maximum atomic E-state index is 13.4. The summed E-state index contributed by atoms with van der Waals surface area (Å²) in [5.41, 5.74) is 3.05. The highest BCUT2D eigenvalue weighted by Crippen LogP contribution is 2.37. The van der Waals surface area contributed by atoms with E-state index in [-0.39, 0.29) is 24.2 Å². The highest BCUT2D eigenvalue weighted by Gasteiger charge is 2.42. The molecular weight excluding hydrogens is 600 g/mol. The van der Waals surface area contributed by atoms with Crippen molar-refractivity contribution in [1.82, 2.24) is 0 Å². The molecule has 2 aromatic rings. The zero-order chi connectivity index (χ0) is 34.1. The Morgan fingerprint density at radius 2 is 1.65 bits per heavy atom. The van der Waals surface area contributed by atoms with Crippen LogP contribution in [-0.4, -0.2) is 65.7 Å². The largest absolute Gasteiger partial charge is 0.497 e. The Bertz CT molecular complexity index is 1340. The van der Waals surface area contributed by atoms with Crippen LogP contribution < -0.4 is 14.2 Å². The Labute approximate surface area is 277 Å². The SMILES string of the molecule is COc1ccc(CO[C@H](C)C/C=C\C(C)[C@H]2OC(C)(C)O[C@H]2C/C=C/c2c(C)c(OC)cc(OC)c2C(=O)OC[Si](C)(C)C)cc1. The summed E-state index contributed by atoms with van der Waals surface area (Å²) in [4.78, 5) is 13.4. The first-order chi connectivity index (χ1) is 21.7. The van der Waals surface area contributed by atoms with Gasteiger partial charge in [-0.2, -0.15) is 0 Å². The van der Waals surface area contributed by atoms with Gasteiger partial charge >= 0.3 is 5.97 Å². The zero-order valence-corrected chi connectivity index (χ0v) is 30.6. The van der Waals surface area contributed by atoms with Crippen LogP contribution in [0.2, 0.25) is 19.6 Å². The Hall–Kier alpha value is -3.11. The van der Waals surface area contributed by atoms with E-state index < -0.39 is 19.8 Å². The van der Waals surface area contributed by atoms with Gasteiger partial charge in [0, 0.05) is 12.0 Å². The minimum atomic E-state index is -1.62. The van der Waals surface area contributed by atoms with Crippen LogP contribution in [0.4, 0.5) is 0 Å². The third kappa shape index (κ3) is 10.7. The number of rotatable bonds is 16. The van der Waals surface area contributed by atoms with E-state index in [1.807, 2.05) is 57.2 Å². The monoisotopic (exact) mass is 654 g/mol. The van der Waals surface area contributed by atoms with Crippen LogP contribution in [0.1, 0.15) is 67.6 Å². The summed E-state index contributed by atoms with van der Waals surface area (Å²) in [6.07, 6.45) is 9.87. The summed E-state index contributed by atoms with van der Waals surface area (Å²) in [5, 5.41) is 0. The third-order valence-corrected chi connectivity index (χ3v) is 8.84. The van der Waals surface area contributed by atoms with Crippen molar-refractivity contribution in [3.8, 4) is 17.2 Å². The van der Waals surface area contributed by atoms with Crippen molar-refractivity contribution < 1.29 is 38.0 Å². The Morgan fingerprint density at radius 1 is 0.978 bits per heavy atom. The molecule has 3 rings (SSSR count). The third-order valence-electron chi connectivity index (χ3n) is 7.83. The van der Waals surface area contributed by atoms with Gasteiger partial charge in [0.15, 0.2) is 5.79 Å². The number of esters is 1. The van der Waals surface area contributed by atoms with E-state index >= 15 is 0 Å². The Morgan fingerprint density at radius 3 is 2.26 bits per heavy atom. The van der Waals surface area contributed by atoms with E-state index in [0.29, 0.717) is 41.9 Å². The topological polar surface area (TPSA) is 81.7 Å². The number of ether oxygens (including phenoxy) is 7. The zero-order valence-electron chi connectivity index (χ0n) is 29.6. The molecule has 1 saturated heterocycles. The molecule has 1 aliphatic rings. The van der Waals surface area contributed by atoms with Crippen LogP contribution in [0.25, 0.3) is 6.08 Å². The number of carbonyl (C=O) groups excluding carboxylic acids is 1. The van der Waals surface area contributed by atoms with Crippen LogP contribution in [0.3, 0.4) is 0 Å². The molecule has 0 amide bonds. The molecule has 2 aromatic carbocycles. The predicted octanol–water partition coefficient (Wildman–Crippen LogP) is 8.17. The molecule has 1 aliphatic heterocycles. The standard InChI is InChI=1S/C37H54O8Si/c1-25(14-12-15-26(2)42-23-28-18-20-29(39-6)21-19-28)35-31(44-37(4,5)45-35)17-13-16-30-27(3)32(40-7)22-33(41-8)34(30)36(38)43-24-46(9,10)11/h12-14,16,18-22,25-26,31,35H,15,17,23-24H2,1-11H3/b14-12-,16-13+/t25?,26-,31+,35-/m1/s1. The van der Waals surface area contributed by atoms with E-state index in [1.54, 1.807) is 27.4 Å². The normalized spacial score (nSPS) is 19.4. The van der Waals surface area contributed by atoms with E-state index in [1.165, 1.54) is 0 Å². The maximum absolute atomic E-state index is 13.4. The molecule has 254 valence electrons. The van der Waals surface area contributed by atoms with Crippen LogP contribution in [-0.2, 0) is 25.6 Å². The molecule has 0 spiro atoms. The van der Waals surface area contributed by atoms with Crippen LogP contribution >= 0.6 is 0 Å². The lowest BCUT2D eigenvalue weighted by Crippen LogP contribution is -2.30. The minimum absolute atomic E-state index is 0.0659. The molecule has 1 unspecified atom stereocenters. The number of methoxy groups -OCH3 is 3. The van der Waals surface area contributed by atoms with E-state index in [2.05, 4.69) is 45.6 Å². The molecule has 1 fully saturated rings. The van der Waals surface area contributed by atoms with Gasteiger partial charge in [0.2, 0.25) is 0 Å².